The molecule has 0 bridgehead atoms. The second-order valence-corrected chi connectivity index (χ2v) is 4.64. The van der Waals surface area contributed by atoms with Crippen molar-refractivity contribution in [2.24, 2.45) is 0 Å². The molecule has 1 N–H and O–H groups in total. The minimum absolute atomic E-state index is 0.171. The van der Waals surface area contributed by atoms with Gasteiger partial charge < -0.3 is 14.6 Å². The highest BCUT2D eigenvalue weighted by molar-refractivity contribution is 5.93. The van der Waals surface area contributed by atoms with E-state index in [0.717, 1.165) is 0 Å². The number of nitriles is 1. The zero-order chi connectivity index (χ0) is 16.8. The largest absolute Gasteiger partial charge is 0.493 e. The fourth-order valence-electron chi connectivity index (χ4n) is 2.15. The molecule has 0 aliphatic heterocycles. The van der Waals surface area contributed by atoms with Crippen LogP contribution in [0.25, 0.3) is 11.6 Å². The van der Waals surface area contributed by atoms with Gasteiger partial charge in [0.15, 0.2) is 11.5 Å². The minimum atomic E-state index is -1.01. The van der Waals surface area contributed by atoms with Gasteiger partial charge >= 0.3 is 5.97 Å². The van der Waals surface area contributed by atoms with E-state index in [1.165, 1.54) is 19.2 Å². The van der Waals surface area contributed by atoms with E-state index in [4.69, 9.17) is 14.6 Å². The Morgan fingerprint density at radius 1 is 1.09 bits per heavy atom. The van der Waals surface area contributed by atoms with Crippen LogP contribution < -0.4 is 9.47 Å². The molecule has 0 amide bonds. The minimum Gasteiger partial charge on any atom is -0.493 e. The molecule has 116 valence electrons. The Bertz CT molecular complexity index is 786. The Morgan fingerprint density at radius 2 is 1.74 bits per heavy atom. The third kappa shape index (κ3) is 3.50. The van der Waals surface area contributed by atoms with E-state index in [1.54, 1.807) is 37.5 Å². The number of allylic oxidation sites excluding steroid dienone is 1. The molecule has 2 aromatic rings. The second-order valence-electron chi connectivity index (χ2n) is 4.64. The Hall–Kier alpha value is -3.26. The van der Waals surface area contributed by atoms with Crippen molar-refractivity contribution in [1.29, 1.82) is 5.26 Å². The van der Waals surface area contributed by atoms with Crippen LogP contribution in [0, 0.1) is 11.3 Å². The molecule has 2 aromatic carbocycles. The molecule has 5 nitrogen and oxygen atoms in total. The highest BCUT2D eigenvalue weighted by Crippen LogP contribution is 2.33. The molecule has 0 saturated heterocycles. The molecule has 2 rings (SSSR count). The molecule has 0 atom stereocenters. The summed E-state index contributed by atoms with van der Waals surface area (Å²) in [6.45, 7) is 0. The van der Waals surface area contributed by atoms with Gasteiger partial charge in [0, 0.05) is 5.56 Å². The summed E-state index contributed by atoms with van der Waals surface area (Å²) >= 11 is 0. The smallest absolute Gasteiger partial charge is 0.335 e. The van der Waals surface area contributed by atoms with Gasteiger partial charge in [-0.2, -0.15) is 5.26 Å². The van der Waals surface area contributed by atoms with Gasteiger partial charge in [0.05, 0.1) is 31.4 Å². The summed E-state index contributed by atoms with van der Waals surface area (Å²) in [5, 5.41) is 18.3. The summed E-state index contributed by atoms with van der Waals surface area (Å²) in [4.78, 5) is 10.9. The van der Waals surface area contributed by atoms with Gasteiger partial charge in [0.25, 0.3) is 0 Å². The summed E-state index contributed by atoms with van der Waals surface area (Å²) in [6.07, 6.45) is 1.68. The number of para-hydroxylation sites is 1. The monoisotopic (exact) mass is 309 g/mol. The maximum absolute atomic E-state index is 10.9. The van der Waals surface area contributed by atoms with Crippen LogP contribution in [0.4, 0.5) is 0 Å². The Balaban J connectivity index is 2.47. The van der Waals surface area contributed by atoms with E-state index < -0.39 is 5.97 Å². The SMILES string of the molecule is COc1cccc(/C=C(/C#N)c2ccc(C(=O)O)cc2)c1OC. The average Bonchev–Trinajstić information content (AvgIpc) is 2.59. The highest BCUT2D eigenvalue weighted by Gasteiger charge is 2.10. The molecule has 23 heavy (non-hydrogen) atoms. The maximum Gasteiger partial charge on any atom is 0.335 e. The van der Waals surface area contributed by atoms with Gasteiger partial charge in [-0.3, -0.25) is 0 Å². The quantitative estimate of drug-likeness (QED) is 0.676. The topological polar surface area (TPSA) is 79.5 Å². The maximum atomic E-state index is 10.9. The molecule has 0 saturated carbocycles. The summed E-state index contributed by atoms with van der Waals surface area (Å²) < 4.78 is 10.6. The highest BCUT2D eigenvalue weighted by atomic mass is 16.5. The lowest BCUT2D eigenvalue weighted by Gasteiger charge is -2.10. The number of aromatic carboxylic acids is 1. The first-order valence-electron chi connectivity index (χ1n) is 6.77. The number of benzene rings is 2. The van der Waals surface area contributed by atoms with Crippen molar-refractivity contribution in [3.8, 4) is 17.6 Å². The first-order valence-corrected chi connectivity index (χ1v) is 6.77. The molecular formula is C18H15NO4. The third-order valence-corrected chi connectivity index (χ3v) is 3.30. The fourth-order valence-corrected chi connectivity index (χ4v) is 2.15. The van der Waals surface area contributed by atoms with Gasteiger partial charge in [-0.25, -0.2) is 4.79 Å². The molecule has 0 spiro atoms. The number of methoxy groups -OCH3 is 2. The zero-order valence-electron chi connectivity index (χ0n) is 12.7. The average molecular weight is 309 g/mol. The number of carbonyl (C=O) groups is 1. The first-order chi connectivity index (χ1) is 11.1. The molecule has 0 heterocycles. The molecule has 0 fully saturated rings. The predicted octanol–water partition coefficient (Wildman–Crippen LogP) is 3.47. The van der Waals surface area contributed by atoms with Crippen LogP contribution in [0.2, 0.25) is 0 Å². The van der Waals surface area contributed by atoms with Gasteiger partial charge in [-0.1, -0.05) is 24.3 Å². The van der Waals surface area contributed by atoms with E-state index >= 15 is 0 Å². The van der Waals surface area contributed by atoms with E-state index in [2.05, 4.69) is 6.07 Å². The van der Waals surface area contributed by atoms with Crippen LogP contribution >= 0.6 is 0 Å². The predicted molar refractivity (Wildman–Crippen MR) is 86.4 cm³/mol. The van der Waals surface area contributed by atoms with Crippen molar-refractivity contribution in [3.05, 3.63) is 59.2 Å². The van der Waals surface area contributed by atoms with Gasteiger partial charge in [-0.15, -0.1) is 0 Å². The molecule has 0 aliphatic carbocycles. The van der Waals surface area contributed by atoms with Crippen LogP contribution in [0.3, 0.4) is 0 Å². The lowest BCUT2D eigenvalue weighted by atomic mass is 10.0. The lowest BCUT2D eigenvalue weighted by molar-refractivity contribution is 0.0697. The Labute approximate surface area is 134 Å². The van der Waals surface area contributed by atoms with Crippen molar-refractivity contribution in [1.82, 2.24) is 0 Å². The standard InChI is InChI=1S/C18H15NO4/c1-22-16-5-3-4-14(17(16)23-2)10-15(11-19)12-6-8-13(9-7-12)18(20)21/h3-10H,1-2H3,(H,20,21)/b15-10-. The number of hydrogen-bond acceptors (Lipinski definition) is 4. The van der Waals surface area contributed by atoms with E-state index in [9.17, 15) is 10.1 Å². The van der Waals surface area contributed by atoms with Crippen molar-refractivity contribution in [2.75, 3.05) is 14.2 Å². The summed E-state index contributed by atoms with van der Waals surface area (Å²) in [5.41, 5.74) is 1.89. The van der Waals surface area contributed by atoms with E-state index in [0.29, 0.717) is 28.2 Å². The van der Waals surface area contributed by atoms with Gasteiger partial charge in [0.2, 0.25) is 0 Å². The van der Waals surface area contributed by atoms with Gasteiger partial charge in [0.1, 0.15) is 0 Å². The third-order valence-electron chi connectivity index (χ3n) is 3.30. The normalized spacial score (nSPS) is 10.7. The number of nitrogens with zero attached hydrogens (tertiary/aromatic N) is 1. The van der Waals surface area contributed by atoms with Crippen LogP contribution in [-0.4, -0.2) is 25.3 Å². The molecule has 5 heteroatoms. The first kappa shape index (κ1) is 16.1. The van der Waals surface area contributed by atoms with Crippen molar-refractivity contribution in [3.63, 3.8) is 0 Å². The fraction of sp³-hybridized carbons (Fsp3) is 0.111. The Kier molecular flexibility index (Phi) is 5.00. The van der Waals surface area contributed by atoms with Crippen molar-refractivity contribution in [2.45, 2.75) is 0 Å². The summed E-state index contributed by atoms with van der Waals surface area (Å²) in [7, 11) is 3.07. The number of carboxylic acid groups (broad SMARTS) is 1. The molecule has 0 unspecified atom stereocenters. The number of hydrogen-bond donors (Lipinski definition) is 1. The summed E-state index contributed by atoms with van der Waals surface area (Å²) in [6, 6.07) is 13.6. The molecule has 0 aromatic heterocycles. The summed E-state index contributed by atoms with van der Waals surface area (Å²) in [5.74, 6) is 0.0955. The Morgan fingerprint density at radius 3 is 2.26 bits per heavy atom. The van der Waals surface area contributed by atoms with Crippen LogP contribution in [-0.2, 0) is 0 Å². The molecule has 0 radical (unpaired) electrons. The second kappa shape index (κ2) is 7.14. The molecular weight excluding hydrogens is 294 g/mol. The van der Waals surface area contributed by atoms with Gasteiger partial charge in [-0.05, 0) is 29.8 Å². The number of ether oxygens (including phenoxy) is 2. The van der Waals surface area contributed by atoms with E-state index in [-0.39, 0.29) is 5.56 Å². The van der Waals surface area contributed by atoms with E-state index in [1.807, 2.05) is 6.07 Å². The number of carboxylic acids is 1. The van der Waals surface area contributed by atoms with Crippen molar-refractivity contribution >= 4 is 17.6 Å². The van der Waals surface area contributed by atoms with Crippen molar-refractivity contribution < 1.29 is 19.4 Å². The zero-order valence-corrected chi connectivity index (χ0v) is 12.7. The molecule has 0 aliphatic rings. The lowest BCUT2D eigenvalue weighted by Crippen LogP contribution is -1.96. The van der Waals surface area contributed by atoms with Crippen LogP contribution in [0.15, 0.2) is 42.5 Å². The van der Waals surface area contributed by atoms with Crippen LogP contribution in [0.5, 0.6) is 11.5 Å². The number of rotatable bonds is 5. The van der Waals surface area contributed by atoms with Crippen LogP contribution in [0.1, 0.15) is 21.5 Å².